The summed E-state index contributed by atoms with van der Waals surface area (Å²) in [7, 11) is 0. The molecule has 20 heavy (non-hydrogen) atoms. The summed E-state index contributed by atoms with van der Waals surface area (Å²) >= 11 is 0. The number of aliphatic imine (C=N–C) groups is 1. The molecule has 2 rings (SSSR count). The van der Waals surface area contributed by atoms with E-state index in [0.717, 1.165) is 19.1 Å². The Balaban J connectivity index is 2.74. The van der Waals surface area contributed by atoms with Crippen molar-refractivity contribution in [1.82, 2.24) is 0 Å². The van der Waals surface area contributed by atoms with Crippen LogP contribution in [0.25, 0.3) is 0 Å². The predicted molar refractivity (Wildman–Crippen MR) is 69.9 cm³/mol. The lowest BCUT2D eigenvalue weighted by molar-refractivity contribution is -0.207. The van der Waals surface area contributed by atoms with Gasteiger partial charge in [-0.2, -0.15) is 8.78 Å². The molecule has 0 aromatic heterocycles. The fraction of sp³-hybridized carbons (Fsp3) is 0.462. The van der Waals surface area contributed by atoms with Gasteiger partial charge in [0.25, 0.3) is 6.02 Å². The summed E-state index contributed by atoms with van der Waals surface area (Å²) in [5.74, 6) is -4.31. The van der Waals surface area contributed by atoms with Crippen LogP contribution in [-0.4, -0.2) is 17.5 Å². The van der Waals surface area contributed by atoms with Crippen LogP contribution in [0.1, 0.15) is 26.3 Å². The van der Waals surface area contributed by atoms with Crippen LogP contribution in [0.15, 0.2) is 23.2 Å². The van der Waals surface area contributed by atoms with Crippen LogP contribution in [0.4, 0.5) is 18.9 Å². The van der Waals surface area contributed by atoms with Gasteiger partial charge in [0.05, 0.1) is 0 Å². The number of anilines is 1. The maximum atomic E-state index is 14.7. The van der Waals surface area contributed by atoms with Crippen molar-refractivity contribution < 1.29 is 17.9 Å². The molecule has 0 saturated carbocycles. The lowest BCUT2D eigenvalue weighted by Gasteiger charge is -2.46. The SMILES string of the molecule is CC1(C)OC(N)=N[C@](C)(c2cc(N)ccc2F)C1(F)F. The van der Waals surface area contributed by atoms with Gasteiger partial charge < -0.3 is 16.2 Å². The van der Waals surface area contributed by atoms with Gasteiger partial charge >= 0.3 is 5.92 Å². The van der Waals surface area contributed by atoms with Gasteiger partial charge in [0, 0.05) is 11.3 Å². The minimum atomic E-state index is -3.49. The van der Waals surface area contributed by atoms with Gasteiger partial charge in [0.1, 0.15) is 5.82 Å². The first-order valence-electron chi connectivity index (χ1n) is 5.99. The number of hydrogen-bond acceptors (Lipinski definition) is 4. The van der Waals surface area contributed by atoms with E-state index in [1.807, 2.05) is 0 Å². The Hall–Kier alpha value is -1.92. The Labute approximate surface area is 114 Å². The molecule has 1 aliphatic rings. The standard InChI is InChI=1S/C13H16F3N3O/c1-11(2)13(15,16)12(3,19-10(18)20-11)8-6-7(17)4-5-9(8)14/h4-6H,17H2,1-3H3,(H2,18,19)/t12-/m1/s1. The van der Waals surface area contributed by atoms with E-state index >= 15 is 0 Å². The van der Waals surface area contributed by atoms with Gasteiger partial charge in [-0.1, -0.05) is 0 Å². The predicted octanol–water partition coefficient (Wildman–Crippen LogP) is 2.38. The van der Waals surface area contributed by atoms with Crippen molar-refractivity contribution in [2.24, 2.45) is 10.7 Å². The number of ether oxygens (including phenoxy) is 1. The second-order valence-electron chi connectivity index (χ2n) is 5.45. The topological polar surface area (TPSA) is 73.6 Å². The van der Waals surface area contributed by atoms with Gasteiger partial charge in [0.2, 0.25) is 0 Å². The highest BCUT2D eigenvalue weighted by atomic mass is 19.3. The maximum absolute atomic E-state index is 14.7. The number of halogens is 3. The Morgan fingerprint density at radius 2 is 1.75 bits per heavy atom. The Kier molecular flexibility index (Phi) is 2.92. The Bertz CT molecular complexity index is 586. The summed E-state index contributed by atoms with van der Waals surface area (Å²) in [5, 5.41) is 0. The minimum absolute atomic E-state index is 0.163. The third-order valence-corrected chi connectivity index (χ3v) is 3.58. The summed E-state index contributed by atoms with van der Waals surface area (Å²) in [4.78, 5) is 3.66. The number of rotatable bonds is 1. The minimum Gasteiger partial charge on any atom is -0.453 e. The zero-order valence-electron chi connectivity index (χ0n) is 11.4. The third-order valence-electron chi connectivity index (χ3n) is 3.58. The van der Waals surface area contributed by atoms with Gasteiger partial charge in [-0.05, 0) is 39.0 Å². The zero-order valence-corrected chi connectivity index (χ0v) is 11.4. The molecule has 1 aromatic rings. The molecule has 0 fully saturated rings. The average molecular weight is 287 g/mol. The van der Waals surface area contributed by atoms with E-state index < -0.39 is 28.9 Å². The number of nitrogen functional groups attached to an aromatic ring is 1. The van der Waals surface area contributed by atoms with Crippen molar-refractivity contribution in [1.29, 1.82) is 0 Å². The van der Waals surface area contributed by atoms with Crippen molar-refractivity contribution >= 4 is 11.7 Å². The monoisotopic (exact) mass is 287 g/mol. The molecule has 1 aromatic carbocycles. The van der Waals surface area contributed by atoms with Crippen molar-refractivity contribution in [3.05, 3.63) is 29.6 Å². The number of amidine groups is 1. The van der Waals surface area contributed by atoms with E-state index in [2.05, 4.69) is 4.99 Å². The average Bonchev–Trinajstić information content (AvgIpc) is 2.29. The number of nitrogens with two attached hydrogens (primary N) is 2. The van der Waals surface area contributed by atoms with Crippen molar-refractivity contribution in [2.75, 3.05) is 5.73 Å². The molecule has 1 heterocycles. The third kappa shape index (κ3) is 1.80. The molecule has 1 atom stereocenters. The van der Waals surface area contributed by atoms with Crippen molar-refractivity contribution in [3.8, 4) is 0 Å². The van der Waals surface area contributed by atoms with Crippen LogP contribution in [0.2, 0.25) is 0 Å². The normalized spacial score (nSPS) is 27.6. The van der Waals surface area contributed by atoms with Gasteiger partial charge in [-0.25, -0.2) is 9.38 Å². The Morgan fingerprint density at radius 1 is 1.15 bits per heavy atom. The highest BCUT2D eigenvalue weighted by Crippen LogP contribution is 2.51. The lowest BCUT2D eigenvalue weighted by atomic mass is 9.77. The molecule has 0 amide bonds. The first kappa shape index (κ1) is 14.5. The molecule has 0 saturated heterocycles. The second-order valence-corrected chi connectivity index (χ2v) is 5.45. The van der Waals surface area contributed by atoms with E-state index in [1.165, 1.54) is 19.9 Å². The van der Waals surface area contributed by atoms with Crippen LogP contribution in [0.5, 0.6) is 0 Å². The molecule has 0 unspecified atom stereocenters. The summed E-state index contributed by atoms with van der Waals surface area (Å²) in [6.45, 7) is 3.47. The van der Waals surface area contributed by atoms with E-state index in [0.29, 0.717) is 0 Å². The number of hydrogen-bond donors (Lipinski definition) is 2. The smallest absolute Gasteiger partial charge is 0.315 e. The second kappa shape index (κ2) is 4.04. The van der Waals surface area contributed by atoms with E-state index in [-0.39, 0.29) is 11.3 Å². The van der Waals surface area contributed by atoms with Crippen molar-refractivity contribution in [2.45, 2.75) is 37.8 Å². The summed E-state index contributed by atoms with van der Waals surface area (Å²) in [5.41, 5.74) is 6.76. The largest absolute Gasteiger partial charge is 0.453 e. The highest BCUT2D eigenvalue weighted by Gasteiger charge is 2.66. The number of alkyl halides is 2. The van der Waals surface area contributed by atoms with Crippen molar-refractivity contribution in [3.63, 3.8) is 0 Å². The fourth-order valence-electron chi connectivity index (χ4n) is 2.37. The molecule has 0 spiro atoms. The van der Waals surface area contributed by atoms with Crippen LogP contribution < -0.4 is 11.5 Å². The molecule has 7 heteroatoms. The quantitative estimate of drug-likeness (QED) is 0.779. The highest BCUT2D eigenvalue weighted by molar-refractivity contribution is 5.74. The molecule has 1 aliphatic heterocycles. The number of nitrogens with zero attached hydrogens (tertiary/aromatic N) is 1. The zero-order chi connectivity index (χ0) is 15.3. The van der Waals surface area contributed by atoms with Crippen LogP contribution in [-0.2, 0) is 10.3 Å². The molecule has 0 aliphatic carbocycles. The van der Waals surface area contributed by atoms with Crippen LogP contribution in [0.3, 0.4) is 0 Å². The van der Waals surface area contributed by atoms with E-state index in [4.69, 9.17) is 16.2 Å². The Morgan fingerprint density at radius 3 is 2.35 bits per heavy atom. The van der Waals surface area contributed by atoms with E-state index in [1.54, 1.807) is 0 Å². The number of benzene rings is 1. The summed E-state index contributed by atoms with van der Waals surface area (Å²) < 4.78 is 48.3. The van der Waals surface area contributed by atoms with Gasteiger partial charge in [-0.15, -0.1) is 0 Å². The molecular weight excluding hydrogens is 271 g/mol. The van der Waals surface area contributed by atoms with E-state index in [9.17, 15) is 13.2 Å². The fourth-order valence-corrected chi connectivity index (χ4v) is 2.37. The van der Waals surface area contributed by atoms with Gasteiger partial charge in [0.15, 0.2) is 11.1 Å². The molecule has 4 nitrogen and oxygen atoms in total. The first-order valence-corrected chi connectivity index (χ1v) is 5.99. The summed E-state index contributed by atoms with van der Waals surface area (Å²) in [6, 6.07) is 3.05. The molecule has 4 N–H and O–H groups in total. The molecule has 0 radical (unpaired) electrons. The molecule has 110 valence electrons. The van der Waals surface area contributed by atoms with Gasteiger partial charge in [-0.3, -0.25) is 0 Å². The first-order chi connectivity index (χ1) is 9.01. The van der Waals surface area contributed by atoms with Crippen LogP contribution in [0, 0.1) is 5.82 Å². The molecule has 0 bridgehead atoms. The molecular formula is C13H16F3N3O. The van der Waals surface area contributed by atoms with Crippen LogP contribution >= 0.6 is 0 Å². The summed E-state index contributed by atoms with van der Waals surface area (Å²) in [6.07, 6.45) is 0. The lowest BCUT2D eigenvalue weighted by Crippen LogP contribution is -2.62. The maximum Gasteiger partial charge on any atom is 0.315 e.